The minimum Gasteiger partial charge on any atom is -0.406 e. The van der Waals surface area contributed by atoms with Crippen molar-refractivity contribution in [3.05, 3.63) is 24.3 Å². The maximum absolute atomic E-state index is 12.1. The molecule has 2 amide bonds. The van der Waals surface area contributed by atoms with Gasteiger partial charge in [0.1, 0.15) is 5.75 Å². The molecule has 0 spiro atoms. The van der Waals surface area contributed by atoms with Gasteiger partial charge in [-0.05, 0) is 34.7 Å². The van der Waals surface area contributed by atoms with E-state index in [1.165, 1.54) is 23.7 Å². The molecule has 0 unspecified atom stereocenters. The second-order valence-corrected chi connectivity index (χ2v) is 5.38. The predicted molar refractivity (Wildman–Crippen MR) is 78.5 cm³/mol. The smallest absolute Gasteiger partial charge is 0.406 e. The first-order valence-electron chi connectivity index (χ1n) is 6.57. The van der Waals surface area contributed by atoms with Gasteiger partial charge in [0.15, 0.2) is 0 Å². The zero-order valence-corrected chi connectivity index (χ0v) is 13.4. The first kappa shape index (κ1) is 18.5. The highest BCUT2D eigenvalue weighted by Crippen LogP contribution is 2.24. The molecule has 2 N–H and O–H groups in total. The van der Waals surface area contributed by atoms with Crippen LogP contribution in [0.1, 0.15) is 6.92 Å². The number of nitrogens with one attached hydrogen (secondary N) is 2. The lowest BCUT2D eigenvalue weighted by molar-refractivity contribution is -0.274. The molecule has 25 heavy (non-hydrogen) atoms. The number of thioether (sulfide) groups is 1. The molecule has 2 aromatic rings. The van der Waals surface area contributed by atoms with Crippen LogP contribution >= 0.6 is 11.8 Å². The van der Waals surface area contributed by atoms with Crippen molar-refractivity contribution in [3.63, 3.8) is 0 Å². The number of hydrogen-bond donors (Lipinski definition) is 2. The summed E-state index contributed by atoms with van der Waals surface area (Å²) in [5.41, 5.74) is 4.68. The number of halogens is 3. The van der Waals surface area contributed by atoms with Crippen LogP contribution < -0.4 is 15.6 Å². The highest BCUT2D eigenvalue weighted by molar-refractivity contribution is 7.99. The third-order valence-corrected chi connectivity index (χ3v) is 3.39. The summed E-state index contributed by atoms with van der Waals surface area (Å²) >= 11 is 0.975. The number of carbonyl (C=O) groups is 2. The van der Waals surface area contributed by atoms with Gasteiger partial charge in [-0.25, -0.2) is 0 Å². The fourth-order valence-corrected chi connectivity index (χ4v) is 2.23. The Morgan fingerprint density at radius 2 is 1.92 bits per heavy atom. The van der Waals surface area contributed by atoms with Gasteiger partial charge in [0.2, 0.25) is 17.0 Å². The number of benzene rings is 1. The summed E-state index contributed by atoms with van der Waals surface area (Å²) in [7, 11) is 0. The van der Waals surface area contributed by atoms with Crippen molar-refractivity contribution in [3.8, 4) is 11.4 Å². The van der Waals surface area contributed by atoms with Gasteiger partial charge < -0.3 is 4.74 Å². The Hall–Kier alpha value is -2.83. The van der Waals surface area contributed by atoms with Crippen LogP contribution in [0.5, 0.6) is 5.75 Å². The molecule has 1 aromatic heterocycles. The molecule has 0 aliphatic heterocycles. The van der Waals surface area contributed by atoms with Gasteiger partial charge in [0, 0.05) is 6.92 Å². The molecule has 0 bridgehead atoms. The van der Waals surface area contributed by atoms with Crippen LogP contribution in [0.15, 0.2) is 29.4 Å². The van der Waals surface area contributed by atoms with Gasteiger partial charge in [0.05, 0.1) is 11.4 Å². The summed E-state index contributed by atoms with van der Waals surface area (Å²) in [4.78, 5) is 22.2. The number of alkyl halides is 3. The molecule has 0 atom stereocenters. The molecule has 134 valence electrons. The minimum atomic E-state index is -4.78. The Morgan fingerprint density at radius 1 is 1.24 bits per heavy atom. The van der Waals surface area contributed by atoms with Crippen LogP contribution in [0.4, 0.5) is 13.2 Å². The largest absolute Gasteiger partial charge is 0.573 e. The molecule has 13 heteroatoms. The van der Waals surface area contributed by atoms with Gasteiger partial charge in [-0.15, -0.1) is 18.3 Å². The maximum Gasteiger partial charge on any atom is 0.573 e. The fraction of sp³-hybridized carbons (Fsp3) is 0.250. The van der Waals surface area contributed by atoms with Crippen molar-refractivity contribution in [1.82, 2.24) is 31.1 Å². The van der Waals surface area contributed by atoms with Crippen molar-refractivity contribution in [2.24, 2.45) is 0 Å². The van der Waals surface area contributed by atoms with E-state index in [9.17, 15) is 22.8 Å². The van der Waals surface area contributed by atoms with Crippen LogP contribution in [-0.4, -0.2) is 44.1 Å². The van der Waals surface area contributed by atoms with Crippen LogP contribution in [0, 0.1) is 0 Å². The van der Waals surface area contributed by atoms with Crippen LogP contribution in [0.25, 0.3) is 5.69 Å². The SMILES string of the molecule is CC(=O)NNC(=O)CSc1nnnn1-c1ccc(OC(F)(F)F)cc1. The average molecular weight is 376 g/mol. The van der Waals surface area contributed by atoms with E-state index in [0.717, 1.165) is 23.9 Å². The molecular formula is C12H11F3N6O3S. The van der Waals surface area contributed by atoms with Crippen LogP contribution in [-0.2, 0) is 9.59 Å². The molecule has 9 nitrogen and oxygen atoms in total. The first-order valence-corrected chi connectivity index (χ1v) is 7.56. The lowest BCUT2D eigenvalue weighted by Gasteiger charge is -2.09. The van der Waals surface area contributed by atoms with Crippen molar-refractivity contribution < 1.29 is 27.5 Å². The lowest BCUT2D eigenvalue weighted by Crippen LogP contribution is -2.41. The number of rotatable bonds is 5. The van der Waals surface area contributed by atoms with E-state index in [1.54, 1.807) is 0 Å². The van der Waals surface area contributed by atoms with E-state index in [4.69, 9.17) is 0 Å². The number of carbonyl (C=O) groups excluding carboxylic acids is 2. The Balaban J connectivity index is 2.01. The zero-order chi connectivity index (χ0) is 18.4. The number of ether oxygens (including phenoxy) is 1. The van der Waals surface area contributed by atoms with E-state index in [2.05, 4.69) is 31.1 Å². The molecule has 0 saturated heterocycles. The average Bonchev–Trinajstić information content (AvgIpc) is 2.98. The number of hydrogen-bond acceptors (Lipinski definition) is 7. The molecule has 1 aromatic carbocycles. The summed E-state index contributed by atoms with van der Waals surface area (Å²) in [6.07, 6.45) is -4.78. The topological polar surface area (TPSA) is 111 Å². The van der Waals surface area contributed by atoms with Gasteiger partial charge in [-0.1, -0.05) is 11.8 Å². The molecule has 0 fully saturated rings. The Labute approximate surface area is 142 Å². The summed E-state index contributed by atoms with van der Waals surface area (Å²) in [6.45, 7) is 1.24. The summed E-state index contributed by atoms with van der Waals surface area (Å²) < 4.78 is 41.4. The van der Waals surface area contributed by atoms with Gasteiger partial charge in [0.25, 0.3) is 0 Å². The van der Waals surface area contributed by atoms with E-state index in [1.807, 2.05) is 0 Å². The van der Waals surface area contributed by atoms with E-state index in [-0.39, 0.29) is 16.7 Å². The normalized spacial score (nSPS) is 11.0. The third kappa shape index (κ3) is 5.95. The van der Waals surface area contributed by atoms with Gasteiger partial charge in [-0.3, -0.25) is 20.4 Å². The Bertz CT molecular complexity index is 749. The second-order valence-electron chi connectivity index (χ2n) is 4.43. The highest BCUT2D eigenvalue weighted by atomic mass is 32.2. The molecule has 2 rings (SSSR count). The fourth-order valence-electron chi connectivity index (χ4n) is 1.54. The number of aromatic nitrogens is 4. The van der Waals surface area contributed by atoms with E-state index in [0.29, 0.717) is 5.69 Å². The van der Waals surface area contributed by atoms with E-state index < -0.39 is 18.2 Å². The zero-order valence-electron chi connectivity index (χ0n) is 12.6. The molecular weight excluding hydrogens is 365 g/mol. The third-order valence-electron chi connectivity index (χ3n) is 2.47. The first-order chi connectivity index (χ1) is 11.7. The number of amides is 2. The number of nitrogens with zero attached hydrogens (tertiary/aromatic N) is 4. The van der Waals surface area contributed by atoms with Crippen molar-refractivity contribution in [2.75, 3.05) is 5.75 Å². The van der Waals surface area contributed by atoms with Crippen molar-refractivity contribution in [2.45, 2.75) is 18.4 Å². The quantitative estimate of drug-likeness (QED) is 0.587. The van der Waals surface area contributed by atoms with Crippen LogP contribution in [0.2, 0.25) is 0 Å². The maximum atomic E-state index is 12.1. The molecule has 0 radical (unpaired) electrons. The summed E-state index contributed by atoms with van der Waals surface area (Å²) in [5.74, 6) is -1.38. The molecule has 0 saturated carbocycles. The summed E-state index contributed by atoms with van der Waals surface area (Å²) in [5, 5.41) is 11.1. The minimum absolute atomic E-state index is 0.0874. The molecule has 0 aliphatic rings. The Morgan fingerprint density at radius 3 is 2.52 bits per heavy atom. The Kier molecular flexibility index (Phi) is 5.80. The monoisotopic (exact) mass is 376 g/mol. The molecule has 0 aliphatic carbocycles. The van der Waals surface area contributed by atoms with E-state index >= 15 is 0 Å². The number of tetrazole rings is 1. The van der Waals surface area contributed by atoms with Gasteiger partial charge in [-0.2, -0.15) is 4.68 Å². The predicted octanol–water partition coefficient (Wildman–Crippen LogP) is 0.820. The second kappa shape index (κ2) is 7.83. The van der Waals surface area contributed by atoms with Crippen molar-refractivity contribution >= 4 is 23.6 Å². The lowest BCUT2D eigenvalue weighted by atomic mass is 10.3. The number of hydrazine groups is 1. The van der Waals surface area contributed by atoms with Crippen molar-refractivity contribution in [1.29, 1.82) is 0 Å². The van der Waals surface area contributed by atoms with Crippen LogP contribution in [0.3, 0.4) is 0 Å². The standard InChI is InChI=1S/C12H11F3N6O3S/c1-7(22)16-17-10(23)6-25-11-18-19-20-21(11)8-2-4-9(5-3-8)24-12(13,14)15/h2-5H,6H2,1H3,(H,16,22)(H,17,23). The summed E-state index contributed by atoms with van der Waals surface area (Å²) in [6, 6.07) is 4.89. The highest BCUT2D eigenvalue weighted by Gasteiger charge is 2.31. The van der Waals surface area contributed by atoms with Gasteiger partial charge >= 0.3 is 6.36 Å². The molecule has 1 heterocycles.